The van der Waals surface area contributed by atoms with Gasteiger partial charge in [0.05, 0.1) is 17.1 Å². The average molecular weight is 260 g/mol. The Kier molecular flexibility index (Phi) is 3.30. The average Bonchev–Trinajstić information content (AvgIpc) is 2.53. The van der Waals surface area contributed by atoms with Crippen LogP contribution in [-0.2, 0) is 6.61 Å². The molecule has 0 saturated heterocycles. The molecule has 3 heteroatoms. The highest BCUT2D eigenvalue weighted by atomic mass is 16.5. The molecule has 0 N–H and O–H groups in total. The first kappa shape index (κ1) is 12.2. The topological polar surface area (TPSA) is 45.9 Å². The van der Waals surface area contributed by atoms with E-state index in [1.54, 1.807) is 18.3 Å². The third-order valence-electron chi connectivity index (χ3n) is 3.07. The van der Waals surface area contributed by atoms with Crippen LogP contribution in [0.3, 0.4) is 0 Å². The monoisotopic (exact) mass is 260 g/mol. The predicted octanol–water partition coefficient (Wildman–Crippen LogP) is 3.69. The number of pyridine rings is 1. The van der Waals surface area contributed by atoms with Crippen LogP contribution in [0, 0.1) is 11.3 Å². The van der Waals surface area contributed by atoms with Gasteiger partial charge < -0.3 is 4.74 Å². The molecule has 0 spiro atoms. The molecule has 20 heavy (non-hydrogen) atoms. The first-order chi connectivity index (χ1) is 9.85. The summed E-state index contributed by atoms with van der Waals surface area (Å²) < 4.78 is 5.75. The summed E-state index contributed by atoms with van der Waals surface area (Å²) in [6, 6.07) is 19.3. The third-order valence-corrected chi connectivity index (χ3v) is 3.07. The number of ether oxygens (including phenoxy) is 1. The number of hydrogen-bond donors (Lipinski definition) is 0. The maximum absolute atomic E-state index is 8.75. The highest BCUT2D eigenvalue weighted by Crippen LogP contribution is 2.19. The van der Waals surface area contributed by atoms with Crippen LogP contribution < -0.4 is 4.74 Å². The van der Waals surface area contributed by atoms with Gasteiger partial charge in [-0.2, -0.15) is 5.26 Å². The van der Waals surface area contributed by atoms with Gasteiger partial charge in [0.15, 0.2) is 0 Å². The first-order valence-electron chi connectivity index (χ1n) is 6.32. The molecule has 3 rings (SSSR count). The zero-order valence-corrected chi connectivity index (χ0v) is 10.8. The van der Waals surface area contributed by atoms with Gasteiger partial charge in [-0.25, -0.2) is 0 Å². The molecule has 0 aliphatic heterocycles. The molecule has 0 amide bonds. The normalized spacial score (nSPS) is 10.2. The van der Waals surface area contributed by atoms with E-state index in [0.29, 0.717) is 12.2 Å². The number of aromatic nitrogens is 1. The fraction of sp³-hybridized carbons (Fsp3) is 0.0588. The number of hydrogen-bond acceptors (Lipinski definition) is 3. The van der Waals surface area contributed by atoms with Crippen LogP contribution in [0.5, 0.6) is 5.75 Å². The summed E-state index contributed by atoms with van der Waals surface area (Å²) in [5, 5.41) is 9.84. The van der Waals surface area contributed by atoms with Gasteiger partial charge in [-0.1, -0.05) is 18.2 Å². The lowest BCUT2D eigenvalue weighted by Gasteiger charge is -2.07. The molecule has 3 aromatic rings. The zero-order chi connectivity index (χ0) is 13.8. The molecule has 0 bridgehead atoms. The lowest BCUT2D eigenvalue weighted by atomic mass is 10.1. The largest absolute Gasteiger partial charge is 0.489 e. The van der Waals surface area contributed by atoms with Crippen molar-refractivity contribution in [2.24, 2.45) is 0 Å². The molecule has 1 heterocycles. The number of benzene rings is 2. The van der Waals surface area contributed by atoms with Crippen LogP contribution in [0.1, 0.15) is 11.1 Å². The second-order valence-corrected chi connectivity index (χ2v) is 4.46. The van der Waals surface area contributed by atoms with Gasteiger partial charge in [-0.05, 0) is 35.9 Å². The summed E-state index contributed by atoms with van der Waals surface area (Å²) in [6.07, 6.45) is 1.77. The lowest BCUT2D eigenvalue weighted by Crippen LogP contribution is -1.95. The highest BCUT2D eigenvalue weighted by Gasteiger charge is 1.99. The summed E-state index contributed by atoms with van der Waals surface area (Å²) in [4.78, 5) is 4.30. The van der Waals surface area contributed by atoms with E-state index < -0.39 is 0 Å². The summed E-state index contributed by atoms with van der Waals surface area (Å²) in [6.45, 7) is 0.476. The number of rotatable bonds is 3. The van der Waals surface area contributed by atoms with Gasteiger partial charge in [0.1, 0.15) is 12.4 Å². The molecular formula is C17H12N2O. The molecule has 96 valence electrons. The van der Waals surface area contributed by atoms with Crippen molar-refractivity contribution in [1.82, 2.24) is 4.98 Å². The molecule has 1 aromatic heterocycles. The minimum Gasteiger partial charge on any atom is -0.489 e. The fourth-order valence-electron chi connectivity index (χ4n) is 1.98. The van der Waals surface area contributed by atoms with E-state index in [2.05, 4.69) is 11.1 Å². The summed E-state index contributed by atoms with van der Waals surface area (Å²) in [5.74, 6) is 0.792. The van der Waals surface area contributed by atoms with E-state index in [-0.39, 0.29) is 0 Å². The van der Waals surface area contributed by atoms with Gasteiger partial charge in [-0.3, -0.25) is 4.98 Å². The Bertz CT molecular complexity index is 773. The second kappa shape index (κ2) is 5.41. The molecule has 0 aliphatic rings. The lowest BCUT2D eigenvalue weighted by molar-refractivity contribution is 0.306. The van der Waals surface area contributed by atoms with Gasteiger partial charge in [0, 0.05) is 17.6 Å². The Labute approximate surface area is 117 Å². The maximum atomic E-state index is 8.75. The van der Waals surface area contributed by atoms with Gasteiger partial charge in [-0.15, -0.1) is 0 Å². The molecule has 0 saturated carbocycles. The summed E-state index contributed by atoms with van der Waals surface area (Å²) in [7, 11) is 0. The first-order valence-corrected chi connectivity index (χ1v) is 6.32. The fourth-order valence-corrected chi connectivity index (χ4v) is 1.98. The SMILES string of the molecule is N#Cc1ccc(COc2ccc3cccnc3c2)cc1. The van der Waals surface area contributed by atoms with Crippen LogP contribution in [0.4, 0.5) is 0 Å². The molecule has 0 unspecified atom stereocenters. The smallest absolute Gasteiger partial charge is 0.122 e. The van der Waals surface area contributed by atoms with E-state index >= 15 is 0 Å². The van der Waals surface area contributed by atoms with E-state index in [4.69, 9.17) is 10.00 Å². The highest BCUT2D eigenvalue weighted by molar-refractivity contribution is 5.79. The van der Waals surface area contributed by atoms with Crippen molar-refractivity contribution in [2.75, 3.05) is 0 Å². The van der Waals surface area contributed by atoms with Crippen LogP contribution in [0.15, 0.2) is 60.8 Å². The second-order valence-electron chi connectivity index (χ2n) is 4.46. The molecule has 0 fully saturated rings. The molecule has 3 nitrogen and oxygen atoms in total. The van der Waals surface area contributed by atoms with E-state index in [1.165, 1.54) is 0 Å². The quantitative estimate of drug-likeness (QED) is 0.721. The maximum Gasteiger partial charge on any atom is 0.122 e. The van der Waals surface area contributed by atoms with Gasteiger partial charge in [0.2, 0.25) is 0 Å². The van der Waals surface area contributed by atoms with Crippen molar-refractivity contribution in [3.8, 4) is 11.8 Å². The van der Waals surface area contributed by atoms with E-state index in [0.717, 1.165) is 22.2 Å². The predicted molar refractivity (Wildman–Crippen MR) is 77.2 cm³/mol. The minimum absolute atomic E-state index is 0.476. The molecule has 0 aliphatic carbocycles. The molecule has 2 aromatic carbocycles. The van der Waals surface area contributed by atoms with Crippen molar-refractivity contribution in [1.29, 1.82) is 5.26 Å². The number of nitrogens with zero attached hydrogens (tertiary/aromatic N) is 2. The van der Waals surface area contributed by atoms with Crippen molar-refractivity contribution in [2.45, 2.75) is 6.61 Å². The summed E-state index contributed by atoms with van der Waals surface area (Å²) >= 11 is 0. The third kappa shape index (κ3) is 2.60. The van der Waals surface area contributed by atoms with Gasteiger partial charge in [0.25, 0.3) is 0 Å². The minimum atomic E-state index is 0.476. The van der Waals surface area contributed by atoms with E-state index in [1.807, 2.05) is 42.5 Å². The van der Waals surface area contributed by atoms with Crippen LogP contribution in [-0.4, -0.2) is 4.98 Å². The Morgan fingerprint density at radius 2 is 1.90 bits per heavy atom. The Hall–Kier alpha value is -2.86. The van der Waals surface area contributed by atoms with Crippen LogP contribution in [0.2, 0.25) is 0 Å². The van der Waals surface area contributed by atoms with E-state index in [9.17, 15) is 0 Å². The van der Waals surface area contributed by atoms with Crippen molar-refractivity contribution in [3.05, 3.63) is 71.9 Å². The van der Waals surface area contributed by atoms with Crippen molar-refractivity contribution >= 4 is 10.9 Å². The van der Waals surface area contributed by atoms with Crippen LogP contribution in [0.25, 0.3) is 10.9 Å². The zero-order valence-electron chi connectivity index (χ0n) is 10.8. The van der Waals surface area contributed by atoms with Crippen LogP contribution >= 0.6 is 0 Å². The number of fused-ring (bicyclic) bond motifs is 1. The Morgan fingerprint density at radius 3 is 2.70 bits per heavy atom. The Morgan fingerprint density at radius 1 is 1.05 bits per heavy atom. The molecule has 0 radical (unpaired) electrons. The van der Waals surface area contributed by atoms with Crippen molar-refractivity contribution in [3.63, 3.8) is 0 Å². The summed E-state index contributed by atoms with van der Waals surface area (Å²) in [5.41, 5.74) is 2.61. The van der Waals surface area contributed by atoms with Gasteiger partial charge >= 0.3 is 0 Å². The standard InChI is InChI=1S/C17H12N2O/c18-11-13-3-5-14(6-4-13)12-20-16-8-7-15-2-1-9-19-17(15)10-16/h1-10H,12H2. The molecular weight excluding hydrogens is 248 g/mol. The Balaban J connectivity index is 1.74. The van der Waals surface area contributed by atoms with Crippen molar-refractivity contribution < 1.29 is 4.74 Å². The number of nitriles is 1. The molecule has 0 atom stereocenters.